The number of para-hydroxylation sites is 1. The molecular weight excluding hydrogens is 206 g/mol. The molecule has 4 nitrogen and oxygen atoms in total. The second kappa shape index (κ2) is 6.02. The van der Waals surface area contributed by atoms with Gasteiger partial charge in [0.15, 0.2) is 5.78 Å². The Kier molecular flexibility index (Phi) is 4.66. The number of Topliss-reactive ketones (excluding diaryl/α,β-unsaturated/α-hetero) is 1. The zero-order chi connectivity index (χ0) is 12.0. The number of benzene rings is 1. The van der Waals surface area contributed by atoms with Crippen molar-refractivity contribution in [3.63, 3.8) is 0 Å². The van der Waals surface area contributed by atoms with Crippen molar-refractivity contribution in [3.8, 4) is 0 Å². The molecule has 86 valence electrons. The molecule has 2 N–H and O–H groups in total. The van der Waals surface area contributed by atoms with Crippen LogP contribution in [0.4, 0.5) is 5.69 Å². The Morgan fingerprint density at radius 1 is 1.31 bits per heavy atom. The van der Waals surface area contributed by atoms with Crippen molar-refractivity contribution in [1.82, 2.24) is 0 Å². The van der Waals surface area contributed by atoms with E-state index in [4.69, 9.17) is 5.11 Å². The maximum absolute atomic E-state index is 11.7. The van der Waals surface area contributed by atoms with E-state index in [1.54, 1.807) is 24.3 Å². The van der Waals surface area contributed by atoms with Crippen LogP contribution in [0.15, 0.2) is 24.3 Å². The van der Waals surface area contributed by atoms with Crippen molar-refractivity contribution in [1.29, 1.82) is 0 Å². The Morgan fingerprint density at radius 2 is 2.00 bits per heavy atom. The Balaban J connectivity index is 2.85. The van der Waals surface area contributed by atoms with Gasteiger partial charge in [-0.1, -0.05) is 12.1 Å². The molecule has 1 aromatic rings. The SMILES string of the molecule is CC(=O)Nc1ccccc1C(=O)CCCO. The van der Waals surface area contributed by atoms with E-state index in [1.807, 2.05) is 0 Å². The highest BCUT2D eigenvalue weighted by Crippen LogP contribution is 2.17. The second-order valence-corrected chi connectivity index (χ2v) is 3.48. The molecule has 1 aromatic carbocycles. The Hall–Kier alpha value is -1.68. The van der Waals surface area contributed by atoms with Crippen molar-refractivity contribution < 1.29 is 14.7 Å². The summed E-state index contributed by atoms with van der Waals surface area (Å²) in [6, 6.07) is 6.87. The summed E-state index contributed by atoms with van der Waals surface area (Å²) in [7, 11) is 0. The molecule has 0 aliphatic heterocycles. The van der Waals surface area contributed by atoms with Gasteiger partial charge in [-0.15, -0.1) is 0 Å². The third kappa shape index (κ3) is 3.47. The molecule has 16 heavy (non-hydrogen) atoms. The molecule has 4 heteroatoms. The lowest BCUT2D eigenvalue weighted by Crippen LogP contribution is -2.11. The minimum atomic E-state index is -0.206. The van der Waals surface area contributed by atoms with E-state index in [1.165, 1.54) is 6.92 Å². The fraction of sp³-hybridized carbons (Fsp3) is 0.333. The fourth-order valence-electron chi connectivity index (χ4n) is 1.40. The number of carbonyl (C=O) groups is 2. The molecule has 0 aliphatic carbocycles. The van der Waals surface area contributed by atoms with Crippen LogP contribution in [-0.2, 0) is 4.79 Å². The molecule has 1 rings (SSSR count). The van der Waals surface area contributed by atoms with E-state index >= 15 is 0 Å². The van der Waals surface area contributed by atoms with Crippen LogP contribution in [0.5, 0.6) is 0 Å². The minimum Gasteiger partial charge on any atom is -0.396 e. The predicted octanol–water partition coefficient (Wildman–Crippen LogP) is 1.60. The van der Waals surface area contributed by atoms with Crippen molar-refractivity contribution in [2.75, 3.05) is 11.9 Å². The van der Waals surface area contributed by atoms with Gasteiger partial charge in [0.2, 0.25) is 5.91 Å². The Morgan fingerprint density at radius 3 is 2.62 bits per heavy atom. The van der Waals surface area contributed by atoms with Crippen molar-refractivity contribution in [3.05, 3.63) is 29.8 Å². The van der Waals surface area contributed by atoms with Crippen molar-refractivity contribution in [2.24, 2.45) is 0 Å². The molecule has 0 saturated heterocycles. The average molecular weight is 221 g/mol. The summed E-state index contributed by atoms with van der Waals surface area (Å²) in [5.41, 5.74) is 1.02. The lowest BCUT2D eigenvalue weighted by molar-refractivity contribution is -0.114. The largest absolute Gasteiger partial charge is 0.396 e. The van der Waals surface area contributed by atoms with Crippen LogP contribution in [0.3, 0.4) is 0 Å². The molecule has 0 saturated carbocycles. The summed E-state index contributed by atoms with van der Waals surface area (Å²) in [6.07, 6.45) is 0.723. The number of aliphatic hydroxyl groups excluding tert-OH is 1. The molecule has 0 aromatic heterocycles. The number of ketones is 1. The first-order chi connectivity index (χ1) is 7.65. The number of hydrogen-bond acceptors (Lipinski definition) is 3. The molecule has 0 heterocycles. The number of carbonyl (C=O) groups excluding carboxylic acids is 2. The topological polar surface area (TPSA) is 66.4 Å². The average Bonchev–Trinajstić information content (AvgIpc) is 2.26. The molecule has 0 bridgehead atoms. The van der Waals surface area contributed by atoms with Crippen LogP contribution in [0.25, 0.3) is 0 Å². The van der Waals surface area contributed by atoms with Crippen LogP contribution in [0, 0.1) is 0 Å². The lowest BCUT2D eigenvalue weighted by Gasteiger charge is -2.08. The highest BCUT2D eigenvalue weighted by molar-refractivity contribution is 6.04. The van der Waals surface area contributed by atoms with Crippen LogP contribution >= 0.6 is 0 Å². The standard InChI is InChI=1S/C12H15NO3/c1-9(15)13-11-6-3-2-5-10(11)12(16)7-4-8-14/h2-3,5-6,14H,4,7-8H2,1H3,(H,13,15). The number of hydrogen-bond donors (Lipinski definition) is 2. The van der Waals surface area contributed by atoms with E-state index in [2.05, 4.69) is 5.32 Å². The first-order valence-corrected chi connectivity index (χ1v) is 5.16. The summed E-state index contributed by atoms with van der Waals surface area (Å²) in [5.74, 6) is -0.277. The summed E-state index contributed by atoms with van der Waals surface area (Å²) in [6.45, 7) is 1.39. The zero-order valence-corrected chi connectivity index (χ0v) is 9.19. The number of amides is 1. The quantitative estimate of drug-likeness (QED) is 0.742. The van der Waals surface area contributed by atoms with Gasteiger partial charge in [0.25, 0.3) is 0 Å². The maximum atomic E-state index is 11.7. The number of aliphatic hydroxyl groups is 1. The van der Waals surface area contributed by atoms with Gasteiger partial charge in [-0.25, -0.2) is 0 Å². The van der Waals surface area contributed by atoms with E-state index < -0.39 is 0 Å². The highest BCUT2D eigenvalue weighted by atomic mass is 16.3. The van der Waals surface area contributed by atoms with Gasteiger partial charge in [0, 0.05) is 25.5 Å². The third-order valence-corrected chi connectivity index (χ3v) is 2.10. The van der Waals surface area contributed by atoms with Crippen molar-refractivity contribution in [2.45, 2.75) is 19.8 Å². The molecule has 0 spiro atoms. The van der Waals surface area contributed by atoms with Gasteiger partial charge in [-0.2, -0.15) is 0 Å². The van der Waals surface area contributed by atoms with E-state index in [0.29, 0.717) is 17.7 Å². The third-order valence-electron chi connectivity index (χ3n) is 2.10. The first-order valence-electron chi connectivity index (χ1n) is 5.16. The molecule has 0 aliphatic rings. The molecule has 1 amide bonds. The highest BCUT2D eigenvalue weighted by Gasteiger charge is 2.10. The van der Waals surface area contributed by atoms with Gasteiger partial charge >= 0.3 is 0 Å². The normalized spacial score (nSPS) is 9.88. The summed E-state index contributed by atoms with van der Waals surface area (Å²) < 4.78 is 0. The smallest absolute Gasteiger partial charge is 0.221 e. The molecule has 0 fully saturated rings. The van der Waals surface area contributed by atoms with Crippen molar-refractivity contribution >= 4 is 17.4 Å². The van der Waals surface area contributed by atoms with E-state index in [0.717, 1.165) is 0 Å². The first kappa shape index (κ1) is 12.4. The van der Waals surface area contributed by atoms with E-state index in [9.17, 15) is 9.59 Å². The van der Waals surface area contributed by atoms with Crippen LogP contribution in [0.2, 0.25) is 0 Å². The van der Waals surface area contributed by atoms with Gasteiger partial charge in [0.1, 0.15) is 0 Å². The molecule has 0 unspecified atom stereocenters. The monoisotopic (exact) mass is 221 g/mol. The minimum absolute atomic E-state index is 0.00591. The zero-order valence-electron chi connectivity index (χ0n) is 9.19. The number of rotatable bonds is 5. The van der Waals surface area contributed by atoms with Crippen LogP contribution < -0.4 is 5.32 Å². The molecular formula is C12H15NO3. The second-order valence-electron chi connectivity index (χ2n) is 3.48. The molecule has 0 radical (unpaired) electrons. The Labute approximate surface area is 94.3 Å². The fourth-order valence-corrected chi connectivity index (χ4v) is 1.40. The number of nitrogens with one attached hydrogen (secondary N) is 1. The van der Waals surface area contributed by atoms with Gasteiger partial charge in [-0.05, 0) is 18.6 Å². The number of anilines is 1. The summed E-state index contributed by atoms with van der Waals surface area (Å²) in [5, 5.41) is 11.3. The maximum Gasteiger partial charge on any atom is 0.221 e. The Bertz CT molecular complexity index is 388. The van der Waals surface area contributed by atoms with Gasteiger partial charge in [0.05, 0.1) is 5.69 Å². The van der Waals surface area contributed by atoms with E-state index in [-0.39, 0.29) is 24.7 Å². The van der Waals surface area contributed by atoms with Crippen LogP contribution in [0.1, 0.15) is 30.1 Å². The molecule has 0 atom stereocenters. The van der Waals surface area contributed by atoms with Gasteiger partial charge < -0.3 is 10.4 Å². The summed E-state index contributed by atoms with van der Waals surface area (Å²) >= 11 is 0. The van der Waals surface area contributed by atoms with Crippen LogP contribution in [-0.4, -0.2) is 23.4 Å². The predicted molar refractivity (Wildman–Crippen MR) is 61.4 cm³/mol. The lowest BCUT2D eigenvalue weighted by atomic mass is 10.0. The van der Waals surface area contributed by atoms with Gasteiger partial charge in [-0.3, -0.25) is 9.59 Å². The summed E-state index contributed by atoms with van der Waals surface area (Å²) in [4.78, 5) is 22.7.